The van der Waals surface area contributed by atoms with Crippen LogP contribution in [-0.4, -0.2) is 52.6 Å². The smallest absolute Gasteiger partial charge is 0.252 e. The van der Waals surface area contributed by atoms with Crippen LogP contribution >= 0.6 is 11.3 Å². The van der Waals surface area contributed by atoms with Crippen LogP contribution in [0.3, 0.4) is 0 Å². The summed E-state index contributed by atoms with van der Waals surface area (Å²) in [6.07, 6.45) is 0.859. The molecular formula is C13H24N2O3S2. The highest BCUT2D eigenvalue weighted by atomic mass is 32.2. The summed E-state index contributed by atoms with van der Waals surface area (Å²) in [7, 11) is -1.81. The third-order valence-electron chi connectivity index (χ3n) is 2.93. The minimum atomic E-state index is -3.38. The molecule has 0 aliphatic carbocycles. The molecule has 116 valence electrons. The molecule has 20 heavy (non-hydrogen) atoms. The van der Waals surface area contributed by atoms with E-state index in [2.05, 4.69) is 12.2 Å². The van der Waals surface area contributed by atoms with Crippen LogP contribution in [0.5, 0.6) is 0 Å². The van der Waals surface area contributed by atoms with E-state index in [0.717, 1.165) is 24.4 Å². The van der Waals surface area contributed by atoms with Gasteiger partial charge in [-0.3, -0.25) is 0 Å². The summed E-state index contributed by atoms with van der Waals surface area (Å²) in [4.78, 5) is 1.09. The number of methoxy groups -OCH3 is 1. The van der Waals surface area contributed by atoms with E-state index in [4.69, 9.17) is 4.74 Å². The lowest BCUT2D eigenvalue weighted by Gasteiger charge is -2.18. The van der Waals surface area contributed by atoms with Gasteiger partial charge in [0.25, 0.3) is 10.0 Å². The van der Waals surface area contributed by atoms with Crippen molar-refractivity contribution in [3.05, 3.63) is 17.0 Å². The van der Waals surface area contributed by atoms with Gasteiger partial charge in [-0.1, -0.05) is 13.8 Å². The molecule has 0 spiro atoms. The van der Waals surface area contributed by atoms with Crippen molar-refractivity contribution in [1.82, 2.24) is 9.62 Å². The first-order chi connectivity index (χ1) is 9.56. The van der Waals surface area contributed by atoms with Crippen molar-refractivity contribution in [3.8, 4) is 0 Å². The summed E-state index contributed by atoms with van der Waals surface area (Å²) in [5, 5.41) is 3.24. The summed E-state index contributed by atoms with van der Waals surface area (Å²) in [5.41, 5.74) is 0. The number of sulfonamides is 1. The number of hydrogen-bond donors (Lipinski definition) is 1. The lowest BCUT2D eigenvalue weighted by atomic mass is 10.3. The first-order valence-corrected chi connectivity index (χ1v) is 9.10. The molecule has 0 amide bonds. The van der Waals surface area contributed by atoms with Gasteiger partial charge in [0.2, 0.25) is 0 Å². The van der Waals surface area contributed by atoms with E-state index < -0.39 is 10.0 Å². The number of thiophene rings is 1. The van der Waals surface area contributed by atoms with E-state index in [0.29, 0.717) is 23.9 Å². The fourth-order valence-electron chi connectivity index (χ4n) is 1.79. The van der Waals surface area contributed by atoms with Gasteiger partial charge >= 0.3 is 0 Å². The first kappa shape index (κ1) is 17.6. The van der Waals surface area contributed by atoms with E-state index in [1.54, 1.807) is 13.2 Å². The standard InChI is InChI=1S/C13H24N2O3S2/c1-4-14-9-8-12-6-7-13(19-12)20(16,17)15(5-2)10-11-18-3/h6-7,14H,4-5,8-11H2,1-3H3. The molecule has 0 aromatic carbocycles. The molecule has 0 aliphatic heterocycles. The van der Waals surface area contributed by atoms with Crippen LogP contribution in [0.25, 0.3) is 0 Å². The predicted molar refractivity (Wildman–Crippen MR) is 82.9 cm³/mol. The number of rotatable bonds is 10. The van der Waals surface area contributed by atoms with Gasteiger partial charge < -0.3 is 10.1 Å². The number of ether oxygens (including phenoxy) is 1. The molecule has 0 fully saturated rings. The van der Waals surface area contributed by atoms with Crippen molar-refractivity contribution in [2.45, 2.75) is 24.5 Å². The molecule has 0 saturated heterocycles. The normalized spacial score (nSPS) is 12.2. The highest BCUT2D eigenvalue weighted by Gasteiger charge is 2.24. The average molecular weight is 320 g/mol. The number of nitrogens with one attached hydrogen (secondary N) is 1. The molecule has 7 heteroatoms. The maximum Gasteiger partial charge on any atom is 0.252 e. The number of hydrogen-bond acceptors (Lipinski definition) is 5. The van der Waals surface area contributed by atoms with Gasteiger partial charge in [-0.15, -0.1) is 11.3 Å². The lowest BCUT2D eigenvalue weighted by molar-refractivity contribution is 0.180. The molecule has 0 aliphatic rings. The Hall–Kier alpha value is -0.470. The van der Waals surface area contributed by atoms with Crippen LogP contribution in [0, 0.1) is 0 Å². The summed E-state index contributed by atoms with van der Waals surface area (Å²) in [6, 6.07) is 3.61. The van der Waals surface area contributed by atoms with Crippen LogP contribution in [0.4, 0.5) is 0 Å². The average Bonchev–Trinajstić information content (AvgIpc) is 2.89. The van der Waals surface area contributed by atoms with E-state index in [1.807, 2.05) is 13.0 Å². The zero-order valence-electron chi connectivity index (χ0n) is 12.4. The summed E-state index contributed by atoms with van der Waals surface area (Å²) >= 11 is 1.36. The fourth-order valence-corrected chi connectivity index (χ4v) is 4.73. The minimum absolute atomic E-state index is 0.389. The zero-order chi connectivity index (χ0) is 15.0. The summed E-state index contributed by atoms with van der Waals surface area (Å²) < 4.78 is 31.8. The lowest BCUT2D eigenvalue weighted by Crippen LogP contribution is -2.33. The molecule has 1 rings (SSSR count). The maximum atomic E-state index is 12.5. The first-order valence-electron chi connectivity index (χ1n) is 6.84. The van der Waals surface area contributed by atoms with Crippen molar-refractivity contribution >= 4 is 21.4 Å². The third-order valence-corrected chi connectivity index (χ3v) is 6.51. The van der Waals surface area contributed by atoms with Crippen molar-refractivity contribution in [1.29, 1.82) is 0 Å². The highest BCUT2D eigenvalue weighted by Crippen LogP contribution is 2.25. The van der Waals surface area contributed by atoms with E-state index in [1.165, 1.54) is 15.6 Å². The second kappa shape index (κ2) is 8.74. The Bertz CT molecular complexity index is 486. The van der Waals surface area contributed by atoms with Crippen LogP contribution in [0.2, 0.25) is 0 Å². The van der Waals surface area contributed by atoms with Crippen LogP contribution in [0.15, 0.2) is 16.3 Å². The Morgan fingerprint density at radius 2 is 2.10 bits per heavy atom. The molecular weight excluding hydrogens is 296 g/mol. The van der Waals surface area contributed by atoms with E-state index >= 15 is 0 Å². The van der Waals surface area contributed by atoms with Gasteiger partial charge in [-0.25, -0.2) is 8.42 Å². The van der Waals surface area contributed by atoms with Crippen molar-refractivity contribution in [3.63, 3.8) is 0 Å². The zero-order valence-corrected chi connectivity index (χ0v) is 14.0. The number of nitrogens with zero attached hydrogens (tertiary/aromatic N) is 1. The van der Waals surface area contributed by atoms with Gasteiger partial charge in [0.15, 0.2) is 0 Å². The SMILES string of the molecule is CCNCCc1ccc(S(=O)(=O)N(CC)CCOC)s1. The predicted octanol–water partition coefficient (Wildman–Crippen LogP) is 1.56. The van der Waals surface area contributed by atoms with E-state index in [-0.39, 0.29) is 0 Å². The molecule has 0 atom stereocenters. The number of likely N-dealkylation sites (N-methyl/N-ethyl adjacent to an activating group) is 2. The largest absolute Gasteiger partial charge is 0.383 e. The Morgan fingerprint density at radius 3 is 2.70 bits per heavy atom. The Balaban J connectivity index is 2.75. The molecule has 1 heterocycles. The van der Waals surface area contributed by atoms with Crippen LogP contribution in [-0.2, 0) is 21.2 Å². The Labute approximate surface area is 126 Å². The third kappa shape index (κ3) is 4.82. The van der Waals surface area contributed by atoms with Crippen molar-refractivity contribution in [2.75, 3.05) is 39.9 Å². The topological polar surface area (TPSA) is 58.6 Å². The van der Waals surface area contributed by atoms with Gasteiger partial charge in [0.05, 0.1) is 6.61 Å². The highest BCUT2D eigenvalue weighted by molar-refractivity contribution is 7.91. The second-order valence-electron chi connectivity index (χ2n) is 4.31. The van der Waals surface area contributed by atoms with Crippen molar-refractivity contribution < 1.29 is 13.2 Å². The molecule has 0 bridgehead atoms. The monoisotopic (exact) mass is 320 g/mol. The van der Waals surface area contributed by atoms with E-state index in [9.17, 15) is 8.42 Å². The quantitative estimate of drug-likeness (QED) is 0.665. The molecule has 0 radical (unpaired) electrons. The van der Waals surface area contributed by atoms with Crippen LogP contribution < -0.4 is 5.32 Å². The second-order valence-corrected chi connectivity index (χ2v) is 7.65. The minimum Gasteiger partial charge on any atom is -0.383 e. The van der Waals surface area contributed by atoms with Gasteiger partial charge in [0.1, 0.15) is 4.21 Å². The molecule has 5 nitrogen and oxygen atoms in total. The van der Waals surface area contributed by atoms with Gasteiger partial charge in [0, 0.05) is 25.1 Å². The molecule has 0 unspecified atom stereocenters. The molecule has 1 N–H and O–H groups in total. The van der Waals surface area contributed by atoms with Gasteiger partial charge in [-0.2, -0.15) is 4.31 Å². The Morgan fingerprint density at radius 1 is 1.35 bits per heavy atom. The maximum absolute atomic E-state index is 12.5. The Kier molecular flexibility index (Phi) is 7.68. The molecule has 0 saturated carbocycles. The fraction of sp³-hybridized carbons (Fsp3) is 0.692. The summed E-state index contributed by atoms with van der Waals surface area (Å²) in [5.74, 6) is 0. The van der Waals surface area contributed by atoms with Crippen molar-refractivity contribution in [2.24, 2.45) is 0 Å². The van der Waals surface area contributed by atoms with Crippen LogP contribution in [0.1, 0.15) is 18.7 Å². The molecule has 1 aromatic heterocycles. The molecule has 1 aromatic rings. The summed E-state index contributed by atoms with van der Waals surface area (Å²) in [6.45, 7) is 6.95. The van der Waals surface area contributed by atoms with Gasteiger partial charge in [-0.05, 0) is 31.6 Å².